The van der Waals surface area contributed by atoms with E-state index in [0.717, 1.165) is 17.8 Å². The van der Waals surface area contributed by atoms with Crippen LogP contribution >= 0.6 is 23.7 Å². The summed E-state index contributed by atoms with van der Waals surface area (Å²) in [4.78, 5) is 32.7. The van der Waals surface area contributed by atoms with Crippen LogP contribution in [-0.4, -0.2) is 54.0 Å². The number of fused-ring (bicyclic) bond motifs is 1. The molecule has 0 aliphatic rings. The second kappa shape index (κ2) is 11.0. The number of hydrogen-bond acceptors (Lipinski definition) is 7. The minimum absolute atomic E-state index is 0. The highest BCUT2D eigenvalue weighted by Crippen LogP contribution is 2.35. The number of methoxy groups -OCH3 is 1. The third kappa shape index (κ3) is 5.30. The van der Waals surface area contributed by atoms with Crippen molar-refractivity contribution in [2.45, 2.75) is 13.8 Å². The first-order valence-electron chi connectivity index (χ1n) is 9.71. The van der Waals surface area contributed by atoms with Gasteiger partial charge in [-0.05, 0) is 31.3 Å². The molecule has 0 unspecified atom stereocenters. The van der Waals surface area contributed by atoms with Gasteiger partial charge >= 0.3 is 0 Å². The molecule has 3 rings (SSSR count). The van der Waals surface area contributed by atoms with Crippen molar-refractivity contribution in [3.63, 3.8) is 0 Å². The summed E-state index contributed by atoms with van der Waals surface area (Å²) < 4.78 is 6.27. The molecule has 0 aliphatic heterocycles. The number of rotatable bonds is 9. The molecule has 0 N–H and O–H groups in total. The van der Waals surface area contributed by atoms with Crippen molar-refractivity contribution in [1.29, 1.82) is 0 Å². The lowest BCUT2D eigenvalue weighted by Crippen LogP contribution is -2.39. The highest BCUT2D eigenvalue weighted by atomic mass is 35.5. The van der Waals surface area contributed by atoms with Gasteiger partial charge in [-0.25, -0.2) is 4.98 Å². The van der Waals surface area contributed by atoms with E-state index in [2.05, 4.69) is 23.7 Å². The second-order valence-corrected chi connectivity index (χ2v) is 7.57. The van der Waals surface area contributed by atoms with E-state index in [1.54, 1.807) is 19.2 Å². The normalized spacial score (nSPS) is 10.7. The zero-order valence-corrected chi connectivity index (χ0v) is 19.2. The van der Waals surface area contributed by atoms with Gasteiger partial charge in [-0.15, -0.1) is 12.4 Å². The first-order chi connectivity index (χ1) is 14.5. The van der Waals surface area contributed by atoms with Crippen LogP contribution in [0, 0.1) is 10.1 Å². The topological polar surface area (TPSA) is 88.8 Å². The molecular weight excluding hydrogens is 440 g/mol. The maximum atomic E-state index is 13.4. The Kier molecular flexibility index (Phi) is 8.73. The molecule has 0 spiro atoms. The minimum Gasteiger partial charge on any atom is -0.494 e. The van der Waals surface area contributed by atoms with Gasteiger partial charge in [-0.2, -0.15) is 0 Å². The number of amides is 1. The van der Waals surface area contributed by atoms with Crippen LogP contribution < -0.4 is 9.64 Å². The number of benzene rings is 2. The first-order valence-corrected chi connectivity index (χ1v) is 10.5. The molecule has 2 aromatic carbocycles. The number of aromatic nitrogens is 1. The third-order valence-electron chi connectivity index (χ3n) is 4.93. The number of carbonyl (C=O) groups excluding carboxylic acids is 1. The number of nitrogens with zero attached hydrogens (tertiary/aromatic N) is 4. The van der Waals surface area contributed by atoms with Crippen LogP contribution in [0.25, 0.3) is 10.2 Å². The molecule has 0 saturated heterocycles. The van der Waals surface area contributed by atoms with Gasteiger partial charge in [-0.3, -0.25) is 19.8 Å². The van der Waals surface area contributed by atoms with Crippen molar-refractivity contribution in [2.24, 2.45) is 0 Å². The van der Waals surface area contributed by atoms with Crippen LogP contribution in [0.4, 0.5) is 10.8 Å². The lowest BCUT2D eigenvalue weighted by molar-refractivity contribution is -0.385. The minimum atomic E-state index is -0.531. The molecule has 0 fully saturated rings. The quantitative estimate of drug-likeness (QED) is 0.339. The SMILES string of the molecule is CCN(CC)CCN(C(=O)c1ccccc1[N+](=O)[O-])c1nc2c(OC)cccc2s1.Cl. The van der Waals surface area contributed by atoms with E-state index >= 15 is 0 Å². The summed E-state index contributed by atoms with van der Waals surface area (Å²) >= 11 is 1.36. The predicted molar refractivity (Wildman–Crippen MR) is 126 cm³/mol. The van der Waals surface area contributed by atoms with Crippen LogP contribution in [-0.2, 0) is 0 Å². The van der Waals surface area contributed by atoms with Crippen molar-refractivity contribution in [2.75, 3.05) is 38.2 Å². The Morgan fingerprint density at radius 2 is 1.84 bits per heavy atom. The Morgan fingerprint density at radius 3 is 2.48 bits per heavy atom. The number of para-hydroxylation sites is 2. The smallest absolute Gasteiger partial charge is 0.282 e. The van der Waals surface area contributed by atoms with Crippen LogP contribution in [0.2, 0.25) is 0 Å². The van der Waals surface area contributed by atoms with Gasteiger partial charge in [0, 0.05) is 19.2 Å². The second-order valence-electron chi connectivity index (χ2n) is 6.56. The van der Waals surface area contributed by atoms with Crippen molar-refractivity contribution in [1.82, 2.24) is 9.88 Å². The van der Waals surface area contributed by atoms with Gasteiger partial charge in [0.1, 0.15) is 16.8 Å². The van der Waals surface area contributed by atoms with Crippen LogP contribution in [0.15, 0.2) is 42.5 Å². The molecule has 1 heterocycles. The standard InChI is InChI=1S/C21H24N4O4S.ClH/c1-4-23(5-2)13-14-24(20(26)15-9-6-7-10-16(15)25(27)28)21-22-19-17(29-3)11-8-12-18(19)30-21;/h6-12H,4-5,13-14H2,1-3H3;1H. The fourth-order valence-corrected chi connectivity index (χ4v) is 4.22. The van der Waals surface area contributed by atoms with E-state index in [9.17, 15) is 14.9 Å². The van der Waals surface area contributed by atoms with Crippen molar-refractivity contribution < 1.29 is 14.5 Å². The van der Waals surface area contributed by atoms with Crippen molar-refractivity contribution in [3.8, 4) is 5.75 Å². The van der Waals surface area contributed by atoms with Crippen molar-refractivity contribution in [3.05, 3.63) is 58.1 Å². The number of nitro benzene ring substituents is 1. The van der Waals surface area contributed by atoms with Gasteiger partial charge in [0.2, 0.25) is 0 Å². The molecule has 0 saturated carbocycles. The average molecular weight is 465 g/mol. The number of anilines is 1. The van der Waals surface area contributed by atoms with Crippen LogP contribution in [0.3, 0.4) is 0 Å². The Balaban J connectivity index is 0.00000341. The molecule has 1 amide bonds. The maximum Gasteiger partial charge on any atom is 0.282 e. The van der Waals surface area contributed by atoms with Gasteiger partial charge in [0.05, 0.1) is 16.7 Å². The summed E-state index contributed by atoms with van der Waals surface area (Å²) in [6.07, 6.45) is 0. The zero-order chi connectivity index (χ0) is 21.7. The van der Waals surface area contributed by atoms with E-state index in [0.29, 0.717) is 29.5 Å². The summed E-state index contributed by atoms with van der Waals surface area (Å²) in [7, 11) is 1.57. The molecule has 1 aromatic heterocycles. The van der Waals surface area contributed by atoms with Crippen LogP contribution in [0.1, 0.15) is 24.2 Å². The zero-order valence-electron chi connectivity index (χ0n) is 17.6. The molecule has 166 valence electrons. The van der Waals surface area contributed by atoms with E-state index in [4.69, 9.17) is 4.74 Å². The molecule has 0 aliphatic carbocycles. The van der Waals surface area contributed by atoms with E-state index < -0.39 is 10.8 Å². The van der Waals surface area contributed by atoms with Gasteiger partial charge in [0.25, 0.3) is 11.6 Å². The summed E-state index contributed by atoms with van der Waals surface area (Å²) in [5.41, 5.74) is 0.505. The largest absolute Gasteiger partial charge is 0.494 e. The number of ether oxygens (including phenoxy) is 1. The number of halogens is 1. The van der Waals surface area contributed by atoms with Crippen molar-refractivity contribution >= 4 is 50.7 Å². The van der Waals surface area contributed by atoms with Gasteiger partial charge < -0.3 is 9.64 Å². The summed E-state index contributed by atoms with van der Waals surface area (Å²) in [5.74, 6) is 0.185. The van der Waals surface area contributed by atoms with E-state index in [1.165, 1.54) is 28.4 Å². The molecular formula is C21H25ClN4O4S. The number of hydrogen-bond donors (Lipinski definition) is 0. The Hall–Kier alpha value is -2.75. The first kappa shape index (κ1) is 24.5. The highest BCUT2D eigenvalue weighted by molar-refractivity contribution is 7.22. The molecule has 0 atom stereocenters. The summed E-state index contributed by atoms with van der Waals surface area (Å²) in [5, 5.41) is 12.0. The fraction of sp³-hybridized carbons (Fsp3) is 0.333. The van der Waals surface area contributed by atoms with Gasteiger partial charge in [0.15, 0.2) is 5.13 Å². The Bertz CT molecular complexity index is 1050. The number of nitro groups is 1. The van der Waals surface area contributed by atoms with E-state index in [-0.39, 0.29) is 23.7 Å². The number of carbonyl (C=O) groups is 1. The summed E-state index contributed by atoms with van der Waals surface area (Å²) in [6.45, 7) is 6.80. The highest BCUT2D eigenvalue weighted by Gasteiger charge is 2.28. The molecule has 8 nitrogen and oxygen atoms in total. The fourth-order valence-electron chi connectivity index (χ4n) is 3.22. The lowest BCUT2D eigenvalue weighted by Gasteiger charge is -2.24. The summed E-state index contributed by atoms with van der Waals surface area (Å²) in [6, 6.07) is 11.6. The monoisotopic (exact) mass is 464 g/mol. The number of likely N-dealkylation sites (N-methyl/N-ethyl adjacent to an activating group) is 1. The molecule has 0 radical (unpaired) electrons. The molecule has 31 heavy (non-hydrogen) atoms. The van der Waals surface area contributed by atoms with Crippen LogP contribution in [0.5, 0.6) is 5.75 Å². The Morgan fingerprint density at radius 1 is 1.13 bits per heavy atom. The Labute approximate surface area is 191 Å². The molecule has 3 aromatic rings. The maximum absolute atomic E-state index is 13.4. The number of thiazole rings is 1. The molecule has 10 heteroatoms. The van der Waals surface area contributed by atoms with E-state index in [1.807, 2.05) is 18.2 Å². The van der Waals surface area contributed by atoms with Gasteiger partial charge in [-0.1, -0.05) is 43.4 Å². The average Bonchev–Trinajstić information content (AvgIpc) is 3.20. The predicted octanol–water partition coefficient (Wildman–Crippen LogP) is 4.62. The molecule has 0 bridgehead atoms. The lowest BCUT2D eigenvalue weighted by atomic mass is 10.1. The third-order valence-corrected chi connectivity index (χ3v) is 5.98.